The lowest BCUT2D eigenvalue weighted by Crippen LogP contribution is -2.04. The second kappa shape index (κ2) is 7.20. The van der Waals surface area contributed by atoms with Gasteiger partial charge in [0.25, 0.3) is 0 Å². The first-order chi connectivity index (χ1) is 12.0. The molecule has 0 saturated carbocycles. The van der Waals surface area contributed by atoms with Crippen molar-refractivity contribution in [2.24, 2.45) is 0 Å². The minimum Gasteiger partial charge on any atom is -0.465 e. The molecule has 0 aliphatic carbocycles. The molecule has 0 aliphatic heterocycles. The van der Waals surface area contributed by atoms with E-state index in [0.717, 1.165) is 34.2 Å². The number of nitrogens with zero attached hydrogens (tertiary/aromatic N) is 4. The molecule has 25 heavy (non-hydrogen) atoms. The zero-order valence-corrected chi connectivity index (χ0v) is 15.5. The number of anilines is 2. The van der Waals surface area contributed by atoms with Gasteiger partial charge in [-0.1, -0.05) is 35.1 Å². The molecule has 0 amide bonds. The van der Waals surface area contributed by atoms with Crippen molar-refractivity contribution >= 4 is 39.7 Å². The lowest BCUT2D eigenvalue weighted by molar-refractivity contribution is 0.0606. The molecule has 0 bridgehead atoms. The highest BCUT2D eigenvalue weighted by Gasteiger charge is 2.17. The number of carbonyl (C=O) groups is 1. The van der Waals surface area contributed by atoms with Gasteiger partial charge in [0, 0.05) is 5.69 Å². The van der Waals surface area contributed by atoms with Gasteiger partial charge in [0.15, 0.2) is 15.2 Å². The number of ether oxygens (including phenoxy) is 1. The van der Waals surface area contributed by atoms with Crippen LogP contribution in [-0.2, 0) is 11.3 Å². The molecule has 3 aromatic rings. The molecule has 1 N–H and O–H groups in total. The number of thiazole rings is 1. The molecule has 2 aromatic heterocycles. The van der Waals surface area contributed by atoms with E-state index in [1.54, 1.807) is 0 Å². The number of aromatic nitrogens is 4. The largest absolute Gasteiger partial charge is 0.465 e. The number of halogens is 1. The van der Waals surface area contributed by atoms with Crippen LogP contribution < -0.4 is 5.32 Å². The van der Waals surface area contributed by atoms with Crippen molar-refractivity contribution in [2.45, 2.75) is 20.4 Å². The van der Waals surface area contributed by atoms with Gasteiger partial charge in [0.1, 0.15) is 11.6 Å². The fraction of sp³-hybridized carbons (Fsp3) is 0.250. The Balaban J connectivity index is 1.78. The van der Waals surface area contributed by atoms with Gasteiger partial charge in [-0.3, -0.25) is 0 Å². The van der Waals surface area contributed by atoms with E-state index in [0.29, 0.717) is 11.7 Å². The highest BCUT2D eigenvalue weighted by Crippen LogP contribution is 2.30. The molecule has 9 heteroatoms. The third-order valence-corrected chi connectivity index (χ3v) is 4.77. The second-order valence-electron chi connectivity index (χ2n) is 5.32. The van der Waals surface area contributed by atoms with E-state index < -0.39 is 5.97 Å². The number of benzene rings is 1. The average Bonchev–Trinajstić information content (AvgIpc) is 3.08. The summed E-state index contributed by atoms with van der Waals surface area (Å²) in [5, 5.41) is 8.18. The van der Waals surface area contributed by atoms with Crippen LogP contribution in [0.5, 0.6) is 0 Å². The molecule has 0 saturated heterocycles. The summed E-state index contributed by atoms with van der Waals surface area (Å²) >= 11 is 7.13. The second-order valence-corrected chi connectivity index (χ2v) is 6.68. The highest BCUT2D eigenvalue weighted by atomic mass is 35.5. The number of rotatable bonds is 5. The normalized spacial score (nSPS) is 10.7. The van der Waals surface area contributed by atoms with Crippen LogP contribution in [0, 0.1) is 13.8 Å². The lowest BCUT2D eigenvalue weighted by atomic mass is 10.2. The van der Waals surface area contributed by atoms with Crippen LogP contribution in [0.3, 0.4) is 0 Å². The van der Waals surface area contributed by atoms with Crippen molar-refractivity contribution in [3.05, 3.63) is 51.5 Å². The molecule has 0 radical (unpaired) electrons. The fourth-order valence-corrected chi connectivity index (χ4v) is 3.45. The smallest absolute Gasteiger partial charge is 0.351 e. The first-order valence-electron chi connectivity index (χ1n) is 7.45. The number of hydrogen-bond acceptors (Lipinski definition) is 7. The van der Waals surface area contributed by atoms with E-state index in [2.05, 4.69) is 25.1 Å². The van der Waals surface area contributed by atoms with Gasteiger partial charge in [0.2, 0.25) is 0 Å². The Morgan fingerprint density at radius 2 is 2.16 bits per heavy atom. The number of carbonyl (C=O) groups excluding carboxylic acids is 1. The molecule has 0 unspecified atom stereocenters. The van der Waals surface area contributed by atoms with E-state index in [9.17, 15) is 4.79 Å². The third-order valence-electron chi connectivity index (χ3n) is 3.43. The molecule has 3 rings (SSSR count). The average molecular weight is 378 g/mol. The number of aryl methyl sites for hydroxylation is 2. The molecular weight excluding hydrogens is 362 g/mol. The summed E-state index contributed by atoms with van der Waals surface area (Å²) < 4.78 is 6.53. The fourth-order valence-electron chi connectivity index (χ4n) is 2.33. The van der Waals surface area contributed by atoms with Crippen LogP contribution in [-0.4, -0.2) is 32.8 Å². The monoisotopic (exact) mass is 377 g/mol. The molecule has 1 aromatic carbocycles. The molecule has 2 heterocycles. The maximum absolute atomic E-state index is 11.6. The molecule has 0 aliphatic rings. The summed E-state index contributed by atoms with van der Waals surface area (Å²) in [7, 11) is 1.31. The van der Waals surface area contributed by atoms with Gasteiger partial charge >= 0.3 is 5.97 Å². The standard InChI is InChI=1S/C16H16ClN5O2S/c1-9-18-10(2)22(21-9)8-11-5-4-6-12(7-11)19-16-20-14(17)13(25-16)15(23)24-3/h4-7H,8H2,1-3H3,(H,19,20). The number of hydrogen-bond donors (Lipinski definition) is 1. The van der Waals surface area contributed by atoms with Gasteiger partial charge in [-0.05, 0) is 31.5 Å². The summed E-state index contributed by atoms with van der Waals surface area (Å²) in [6.07, 6.45) is 0. The van der Waals surface area contributed by atoms with Crippen LogP contribution in [0.2, 0.25) is 5.15 Å². The first kappa shape index (κ1) is 17.4. The van der Waals surface area contributed by atoms with E-state index in [4.69, 9.17) is 11.6 Å². The zero-order chi connectivity index (χ0) is 18.0. The summed E-state index contributed by atoms with van der Waals surface area (Å²) in [6, 6.07) is 7.85. The lowest BCUT2D eigenvalue weighted by Gasteiger charge is -2.07. The van der Waals surface area contributed by atoms with E-state index in [1.165, 1.54) is 7.11 Å². The minimum atomic E-state index is -0.499. The maximum Gasteiger partial charge on any atom is 0.351 e. The van der Waals surface area contributed by atoms with Gasteiger partial charge in [-0.15, -0.1) is 0 Å². The van der Waals surface area contributed by atoms with Crippen LogP contribution in [0.1, 0.15) is 26.9 Å². The van der Waals surface area contributed by atoms with Crippen molar-refractivity contribution in [1.82, 2.24) is 19.7 Å². The van der Waals surface area contributed by atoms with Crippen LogP contribution in [0.15, 0.2) is 24.3 Å². The number of nitrogens with one attached hydrogen (secondary N) is 1. The Labute approximate surface area is 153 Å². The molecule has 0 spiro atoms. The molecule has 7 nitrogen and oxygen atoms in total. The van der Waals surface area contributed by atoms with Crippen molar-refractivity contribution < 1.29 is 9.53 Å². The Morgan fingerprint density at radius 1 is 1.36 bits per heavy atom. The van der Waals surface area contributed by atoms with Crippen LogP contribution in [0.25, 0.3) is 0 Å². The van der Waals surface area contributed by atoms with Gasteiger partial charge in [0.05, 0.1) is 13.7 Å². The quantitative estimate of drug-likeness (QED) is 0.684. The zero-order valence-electron chi connectivity index (χ0n) is 13.9. The van der Waals surface area contributed by atoms with E-state index in [1.807, 2.05) is 42.8 Å². The third kappa shape index (κ3) is 3.97. The van der Waals surface area contributed by atoms with Crippen LogP contribution >= 0.6 is 22.9 Å². The first-order valence-corrected chi connectivity index (χ1v) is 8.64. The predicted octanol–water partition coefficient (Wildman–Crippen LogP) is 3.58. The van der Waals surface area contributed by atoms with Crippen LogP contribution in [0.4, 0.5) is 10.8 Å². The van der Waals surface area contributed by atoms with Crippen molar-refractivity contribution in [1.29, 1.82) is 0 Å². The Bertz CT molecular complexity index is 921. The molecule has 0 atom stereocenters. The minimum absolute atomic E-state index is 0.129. The Kier molecular flexibility index (Phi) is 5.00. The summed E-state index contributed by atoms with van der Waals surface area (Å²) in [6.45, 7) is 4.41. The summed E-state index contributed by atoms with van der Waals surface area (Å²) in [4.78, 5) is 20.3. The van der Waals surface area contributed by atoms with Crippen molar-refractivity contribution in [3.8, 4) is 0 Å². The van der Waals surface area contributed by atoms with Gasteiger partial charge < -0.3 is 10.1 Å². The SMILES string of the molecule is COC(=O)c1sc(Nc2cccc(Cn3nc(C)nc3C)c2)nc1Cl. The topological polar surface area (TPSA) is 81.9 Å². The van der Waals surface area contributed by atoms with Crippen molar-refractivity contribution in [2.75, 3.05) is 12.4 Å². The number of esters is 1. The summed E-state index contributed by atoms with van der Waals surface area (Å²) in [5.41, 5.74) is 1.91. The Morgan fingerprint density at radius 3 is 2.84 bits per heavy atom. The van der Waals surface area contributed by atoms with Gasteiger partial charge in [-0.2, -0.15) is 5.10 Å². The molecular formula is C16H16ClN5O2S. The Hall–Kier alpha value is -2.45. The van der Waals surface area contributed by atoms with E-state index in [-0.39, 0.29) is 10.0 Å². The van der Waals surface area contributed by atoms with E-state index >= 15 is 0 Å². The molecule has 130 valence electrons. The summed E-state index contributed by atoms with van der Waals surface area (Å²) in [5.74, 6) is 1.12. The molecule has 0 fully saturated rings. The van der Waals surface area contributed by atoms with Crippen molar-refractivity contribution in [3.63, 3.8) is 0 Å². The highest BCUT2D eigenvalue weighted by molar-refractivity contribution is 7.18. The predicted molar refractivity (Wildman–Crippen MR) is 96.8 cm³/mol. The number of methoxy groups -OCH3 is 1. The van der Waals surface area contributed by atoms with Gasteiger partial charge in [-0.25, -0.2) is 19.4 Å². The maximum atomic E-state index is 11.6.